The number of thioether (sulfide) groups is 1. The molecule has 18 heavy (non-hydrogen) atoms. The molecule has 2 atom stereocenters. The van der Waals surface area contributed by atoms with Gasteiger partial charge in [-0.3, -0.25) is 4.99 Å². The first kappa shape index (κ1) is 13.5. The molecule has 0 bridgehead atoms. The predicted molar refractivity (Wildman–Crippen MR) is 81.3 cm³/mol. The Kier molecular flexibility index (Phi) is 4.70. The molecular formula is C15H22N2S. The molecule has 1 aromatic carbocycles. The summed E-state index contributed by atoms with van der Waals surface area (Å²) in [6.45, 7) is 6.53. The van der Waals surface area contributed by atoms with Gasteiger partial charge in [-0.15, -0.1) is 0 Å². The van der Waals surface area contributed by atoms with Crippen molar-refractivity contribution >= 4 is 16.9 Å². The Labute approximate surface area is 114 Å². The Balaban J connectivity index is 2.00. The van der Waals surface area contributed by atoms with Gasteiger partial charge < -0.3 is 5.32 Å². The van der Waals surface area contributed by atoms with Gasteiger partial charge in [0.1, 0.15) is 0 Å². The zero-order valence-electron chi connectivity index (χ0n) is 11.4. The lowest BCUT2D eigenvalue weighted by atomic mass is 10.1. The van der Waals surface area contributed by atoms with Gasteiger partial charge in [0, 0.05) is 5.75 Å². The van der Waals surface area contributed by atoms with Crippen LogP contribution >= 0.6 is 11.8 Å². The molecule has 1 aliphatic heterocycles. The third kappa shape index (κ3) is 3.52. The topological polar surface area (TPSA) is 24.4 Å². The van der Waals surface area contributed by atoms with Gasteiger partial charge in [0.15, 0.2) is 5.17 Å². The summed E-state index contributed by atoms with van der Waals surface area (Å²) < 4.78 is 0. The molecular weight excluding hydrogens is 240 g/mol. The SMILES string of the molecule is CCC1CCSC(NC(C)c2ccc(C)cc2)=N1. The first-order chi connectivity index (χ1) is 8.69. The zero-order valence-corrected chi connectivity index (χ0v) is 12.3. The van der Waals surface area contributed by atoms with Crippen molar-refractivity contribution in [2.24, 2.45) is 4.99 Å². The quantitative estimate of drug-likeness (QED) is 0.893. The van der Waals surface area contributed by atoms with Crippen molar-refractivity contribution in [2.45, 2.75) is 45.7 Å². The summed E-state index contributed by atoms with van der Waals surface area (Å²) in [4.78, 5) is 4.75. The summed E-state index contributed by atoms with van der Waals surface area (Å²) in [5, 5.41) is 4.64. The summed E-state index contributed by atoms with van der Waals surface area (Å²) in [5.74, 6) is 1.19. The molecule has 0 saturated heterocycles. The highest BCUT2D eigenvalue weighted by atomic mass is 32.2. The van der Waals surface area contributed by atoms with E-state index >= 15 is 0 Å². The van der Waals surface area contributed by atoms with Crippen LogP contribution in [0, 0.1) is 6.92 Å². The van der Waals surface area contributed by atoms with Crippen LogP contribution in [0.1, 0.15) is 43.9 Å². The van der Waals surface area contributed by atoms with Crippen LogP contribution in [0.15, 0.2) is 29.3 Å². The highest BCUT2D eigenvalue weighted by Crippen LogP contribution is 2.21. The van der Waals surface area contributed by atoms with E-state index in [9.17, 15) is 0 Å². The van der Waals surface area contributed by atoms with Gasteiger partial charge in [-0.1, -0.05) is 48.5 Å². The summed E-state index contributed by atoms with van der Waals surface area (Å²) in [7, 11) is 0. The van der Waals surface area contributed by atoms with Crippen molar-refractivity contribution in [2.75, 3.05) is 5.75 Å². The van der Waals surface area contributed by atoms with Crippen LogP contribution in [0.2, 0.25) is 0 Å². The van der Waals surface area contributed by atoms with Crippen molar-refractivity contribution in [3.8, 4) is 0 Å². The average Bonchev–Trinajstić information content (AvgIpc) is 2.39. The van der Waals surface area contributed by atoms with Crippen LogP contribution in [-0.2, 0) is 0 Å². The highest BCUT2D eigenvalue weighted by molar-refractivity contribution is 8.13. The minimum atomic E-state index is 0.326. The molecule has 2 nitrogen and oxygen atoms in total. The maximum atomic E-state index is 4.75. The van der Waals surface area contributed by atoms with Crippen LogP contribution in [0.3, 0.4) is 0 Å². The van der Waals surface area contributed by atoms with E-state index in [1.807, 2.05) is 11.8 Å². The molecule has 0 aromatic heterocycles. The first-order valence-corrected chi connectivity index (χ1v) is 7.71. The van der Waals surface area contributed by atoms with E-state index in [1.165, 1.54) is 23.3 Å². The summed E-state index contributed by atoms with van der Waals surface area (Å²) in [6.07, 6.45) is 2.36. The number of nitrogens with one attached hydrogen (secondary N) is 1. The van der Waals surface area contributed by atoms with E-state index < -0.39 is 0 Å². The van der Waals surface area contributed by atoms with Gasteiger partial charge in [-0.05, 0) is 32.3 Å². The lowest BCUT2D eigenvalue weighted by Gasteiger charge is -2.23. The lowest BCUT2D eigenvalue weighted by molar-refractivity contribution is 0.622. The molecule has 0 saturated carbocycles. The number of nitrogens with zero attached hydrogens (tertiary/aromatic N) is 1. The number of aryl methyl sites for hydroxylation is 1. The van der Waals surface area contributed by atoms with Gasteiger partial charge in [0.25, 0.3) is 0 Å². The number of hydrogen-bond acceptors (Lipinski definition) is 3. The standard InChI is InChI=1S/C15H22N2S/c1-4-14-9-10-18-15(17-14)16-12(3)13-7-5-11(2)6-8-13/h5-8,12,14H,4,9-10H2,1-3H3,(H,16,17). The third-order valence-electron chi connectivity index (χ3n) is 3.38. The fourth-order valence-electron chi connectivity index (χ4n) is 2.06. The second-order valence-electron chi connectivity index (χ2n) is 4.91. The smallest absolute Gasteiger partial charge is 0.157 e. The molecule has 98 valence electrons. The molecule has 2 rings (SSSR count). The largest absolute Gasteiger partial charge is 0.358 e. The summed E-state index contributed by atoms with van der Waals surface area (Å²) >= 11 is 1.85. The molecule has 0 amide bonds. The molecule has 1 heterocycles. The average molecular weight is 262 g/mol. The van der Waals surface area contributed by atoms with Crippen molar-refractivity contribution in [3.05, 3.63) is 35.4 Å². The number of amidine groups is 1. The van der Waals surface area contributed by atoms with Crippen LogP contribution in [0.5, 0.6) is 0 Å². The Morgan fingerprint density at radius 1 is 1.39 bits per heavy atom. The lowest BCUT2D eigenvalue weighted by Crippen LogP contribution is -2.29. The van der Waals surface area contributed by atoms with Gasteiger partial charge >= 0.3 is 0 Å². The van der Waals surface area contributed by atoms with E-state index in [4.69, 9.17) is 4.99 Å². The van der Waals surface area contributed by atoms with E-state index in [1.54, 1.807) is 0 Å². The van der Waals surface area contributed by atoms with E-state index in [0.717, 1.165) is 11.6 Å². The van der Waals surface area contributed by atoms with E-state index in [0.29, 0.717) is 12.1 Å². The number of aliphatic imine (C=N–C) groups is 1. The van der Waals surface area contributed by atoms with Crippen molar-refractivity contribution in [3.63, 3.8) is 0 Å². The maximum absolute atomic E-state index is 4.75. The van der Waals surface area contributed by atoms with Gasteiger partial charge in [-0.2, -0.15) is 0 Å². The van der Waals surface area contributed by atoms with E-state index in [-0.39, 0.29) is 0 Å². The maximum Gasteiger partial charge on any atom is 0.157 e. The fourth-order valence-corrected chi connectivity index (χ4v) is 3.12. The van der Waals surface area contributed by atoms with Crippen LogP contribution in [-0.4, -0.2) is 17.0 Å². The zero-order chi connectivity index (χ0) is 13.0. The van der Waals surface area contributed by atoms with Gasteiger partial charge in [0.05, 0.1) is 12.1 Å². The Bertz CT molecular complexity index is 411. The Morgan fingerprint density at radius 3 is 2.78 bits per heavy atom. The van der Waals surface area contributed by atoms with Crippen molar-refractivity contribution in [1.29, 1.82) is 0 Å². The molecule has 1 aromatic rings. The summed E-state index contributed by atoms with van der Waals surface area (Å²) in [5.41, 5.74) is 2.63. The Hall–Kier alpha value is -0.960. The highest BCUT2D eigenvalue weighted by Gasteiger charge is 2.15. The number of rotatable bonds is 3. The first-order valence-electron chi connectivity index (χ1n) is 6.72. The van der Waals surface area contributed by atoms with Gasteiger partial charge in [-0.25, -0.2) is 0 Å². The molecule has 2 unspecified atom stereocenters. The third-order valence-corrected chi connectivity index (χ3v) is 4.31. The normalized spacial score (nSPS) is 21.3. The predicted octanol–water partition coefficient (Wildman–Crippen LogP) is 3.92. The number of benzene rings is 1. The monoisotopic (exact) mass is 262 g/mol. The summed E-state index contributed by atoms with van der Waals surface area (Å²) in [6, 6.07) is 9.55. The van der Waals surface area contributed by atoms with E-state index in [2.05, 4.69) is 50.4 Å². The molecule has 0 aliphatic carbocycles. The van der Waals surface area contributed by atoms with Crippen LogP contribution in [0.4, 0.5) is 0 Å². The van der Waals surface area contributed by atoms with Crippen molar-refractivity contribution < 1.29 is 0 Å². The van der Waals surface area contributed by atoms with Crippen molar-refractivity contribution in [1.82, 2.24) is 5.32 Å². The molecule has 1 aliphatic rings. The second kappa shape index (κ2) is 6.28. The molecule has 3 heteroatoms. The second-order valence-corrected chi connectivity index (χ2v) is 5.99. The van der Waals surface area contributed by atoms with Crippen LogP contribution < -0.4 is 5.32 Å². The van der Waals surface area contributed by atoms with Gasteiger partial charge in [0.2, 0.25) is 0 Å². The number of hydrogen-bond donors (Lipinski definition) is 1. The molecule has 1 N–H and O–H groups in total. The van der Waals surface area contributed by atoms with Crippen LogP contribution in [0.25, 0.3) is 0 Å². The minimum Gasteiger partial charge on any atom is -0.358 e. The molecule has 0 fully saturated rings. The molecule has 0 radical (unpaired) electrons. The molecule has 0 spiro atoms. The fraction of sp³-hybridized carbons (Fsp3) is 0.533. The minimum absolute atomic E-state index is 0.326. The Morgan fingerprint density at radius 2 is 2.11 bits per heavy atom.